The van der Waals surface area contributed by atoms with Crippen LogP contribution in [0.1, 0.15) is 0 Å². The van der Waals surface area contributed by atoms with E-state index in [4.69, 9.17) is 0 Å². The van der Waals surface area contributed by atoms with Crippen LogP contribution in [0.15, 0.2) is 27.9 Å². The van der Waals surface area contributed by atoms with E-state index < -0.39 is 16.2 Å². The summed E-state index contributed by atoms with van der Waals surface area (Å²) in [5.41, 5.74) is -0.451. The van der Waals surface area contributed by atoms with Gasteiger partial charge >= 0.3 is 5.69 Å². The Hall–Kier alpha value is -3.30. The molecular formula is C12H10N6O4. The van der Waals surface area contributed by atoms with Crippen molar-refractivity contribution in [3.05, 3.63) is 49.3 Å². The third-order valence-electron chi connectivity index (χ3n) is 3.30. The van der Waals surface area contributed by atoms with E-state index >= 15 is 0 Å². The third-order valence-corrected chi connectivity index (χ3v) is 3.30. The minimum Gasteiger partial charge on any atom is -0.331 e. The molecule has 0 spiro atoms. The monoisotopic (exact) mass is 302 g/mol. The zero-order valence-corrected chi connectivity index (χ0v) is 11.6. The van der Waals surface area contributed by atoms with E-state index in [0.29, 0.717) is 5.69 Å². The van der Waals surface area contributed by atoms with E-state index in [1.165, 1.54) is 30.8 Å². The van der Waals surface area contributed by atoms with Gasteiger partial charge in [-0.1, -0.05) is 0 Å². The second-order valence-corrected chi connectivity index (χ2v) is 4.65. The Balaban J connectivity index is 2.23. The molecule has 0 aliphatic heterocycles. The first-order valence-electron chi connectivity index (χ1n) is 6.16. The van der Waals surface area contributed by atoms with Gasteiger partial charge < -0.3 is 4.98 Å². The van der Waals surface area contributed by atoms with Gasteiger partial charge in [0.1, 0.15) is 17.4 Å². The topological polar surface area (TPSA) is 129 Å². The maximum absolute atomic E-state index is 12.1. The minimum absolute atomic E-state index is 0.150. The van der Waals surface area contributed by atoms with Crippen LogP contribution in [0.25, 0.3) is 22.7 Å². The number of hydrogen-bond donors (Lipinski definition) is 1. The predicted molar refractivity (Wildman–Crippen MR) is 76.5 cm³/mol. The highest BCUT2D eigenvalue weighted by Crippen LogP contribution is 2.18. The van der Waals surface area contributed by atoms with Gasteiger partial charge in [-0.25, -0.2) is 14.8 Å². The lowest BCUT2D eigenvalue weighted by atomic mass is 10.3. The van der Waals surface area contributed by atoms with Crippen molar-refractivity contribution in [3.8, 4) is 11.5 Å². The molecule has 10 nitrogen and oxygen atoms in total. The van der Waals surface area contributed by atoms with E-state index in [9.17, 15) is 19.7 Å². The summed E-state index contributed by atoms with van der Waals surface area (Å²) in [6, 6.07) is 2.70. The van der Waals surface area contributed by atoms with Crippen molar-refractivity contribution in [1.29, 1.82) is 0 Å². The van der Waals surface area contributed by atoms with Crippen LogP contribution in [0.3, 0.4) is 0 Å². The van der Waals surface area contributed by atoms with Crippen molar-refractivity contribution in [2.75, 3.05) is 0 Å². The SMILES string of the molecule is Cn1c(=O)c2[nH]c(-c3ccc([N+](=O)[O-])cn3)nc2n(C)c1=O. The summed E-state index contributed by atoms with van der Waals surface area (Å²) < 4.78 is 2.20. The number of nitrogens with zero attached hydrogens (tertiary/aromatic N) is 5. The van der Waals surface area contributed by atoms with Crippen LogP contribution >= 0.6 is 0 Å². The highest BCUT2D eigenvalue weighted by atomic mass is 16.6. The number of nitro groups is 1. The zero-order valence-electron chi connectivity index (χ0n) is 11.6. The van der Waals surface area contributed by atoms with Crippen molar-refractivity contribution >= 4 is 16.9 Å². The molecule has 0 saturated heterocycles. The number of hydrogen-bond acceptors (Lipinski definition) is 6. The predicted octanol–water partition coefficient (Wildman–Crippen LogP) is -0.0695. The highest BCUT2D eigenvalue weighted by molar-refractivity contribution is 5.74. The van der Waals surface area contributed by atoms with E-state index in [1.54, 1.807) is 0 Å². The molecule has 0 unspecified atom stereocenters. The van der Waals surface area contributed by atoms with Crippen LogP contribution in [0.5, 0.6) is 0 Å². The van der Waals surface area contributed by atoms with Gasteiger partial charge in [-0.05, 0) is 6.07 Å². The van der Waals surface area contributed by atoms with Crippen LogP contribution < -0.4 is 11.2 Å². The Morgan fingerprint density at radius 3 is 2.55 bits per heavy atom. The fourth-order valence-corrected chi connectivity index (χ4v) is 2.08. The van der Waals surface area contributed by atoms with Crippen LogP contribution in [0, 0.1) is 10.1 Å². The summed E-state index contributed by atoms with van der Waals surface area (Å²) in [5.74, 6) is 0.253. The Bertz CT molecular complexity index is 1010. The normalized spacial score (nSPS) is 11.0. The van der Waals surface area contributed by atoms with Gasteiger partial charge in [0.05, 0.1) is 4.92 Å². The van der Waals surface area contributed by atoms with E-state index in [1.807, 2.05) is 0 Å². The summed E-state index contributed by atoms with van der Waals surface area (Å²) in [7, 11) is 2.87. The minimum atomic E-state index is -0.561. The molecule has 0 saturated carbocycles. The van der Waals surface area contributed by atoms with Crippen molar-refractivity contribution in [3.63, 3.8) is 0 Å². The number of aromatic amines is 1. The largest absolute Gasteiger partial charge is 0.332 e. The molecule has 1 N–H and O–H groups in total. The molecule has 112 valence electrons. The first-order valence-corrected chi connectivity index (χ1v) is 6.16. The Morgan fingerprint density at radius 1 is 1.23 bits per heavy atom. The second kappa shape index (κ2) is 4.62. The number of fused-ring (bicyclic) bond motifs is 1. The first kappa shape index (κ1) is 13.7. The van der Waals surface area contributed by atoms with Crippen molar-refractivity contribution < 1.29 is 4.92 Å². The Morgan fingerprint density at radius 2 is 1.95 bits per heavy atom. The highest BCUT2D eigenvalue weighted by Gasteiger charge is 2.15. The average molecular weight is 302 g/mol. The van der Waals surface area contributed by atoms with Gasteiger partial charge in [-0.2, -0.15) is 0 Å². The molecule has 0 fully saturated rings. The molecule has 3 aromatic heterocycles. The van der Waals surface area contributed by atoms with Crippen molar-refractivity contribution in [2.45, 2.75) is 0 Å². The van der Waals surface area contributed by atoms with Gasteiger partial charge in [0.15, 0.2) is 11.5 Å². The molecule has 0 atom stereocenters. The molecule has 0 bridgehead atoms. The molecule has 3 rings (SSSR count). The zero-order chi connectivity index (χ0) is 16.0. The van der Waals surface area contributed by atoms with E-state index in [-0.39, 0.29) is 22.7 Å². The fraction of sp³-hybridized carbons (Fsp3) is 0.167. The lowest BCUT2D eigenvalue weighted by Crippen LogP contribution is -2.36. The molecular weight excluding hydrogens is 292 g/mol. The van der Waals surface area contributed by atoms with Gasteiger partial charge in [0, 0.05) is 20.2 Å². The van der Waals surface area contributed by atoms with Crippen molar-refractivity contribution in [2.24, 2.45) is 14.1 Å². The quantitative estimate of drug-likeness (QED) is 0.521. The molecule has 3 aromatic rings. The smallest absolute Gasteiger partial charge is 0.331 e. The maximum atomic E-state index is 12.1. The number of imidazole rings is 1. The van der Waals surface area contributed by atoms with E-state index in [2.05, 4.69) is 15.0 Å². The number of H-pyrrole nitrogens is 1. The van der Waals surface area contributed by atoms with Gasteiger partial charge in [-0.3, -0.25) is 24.0 Å². The Labute approximate surface area is 121 Å². The van der Waals surface area contributed by atoms with Crippen LogP contribution in [-0.2, 0) is 14.1 Å². The standard InChI is InChI=1S/C12H10N6O4/c1-16-10-8(11(19)17(2)12(16)20)14-9(15-10)7-4-3-6(5-13-7)18(21)22/h3-5H,1-2H3,(H,14,15). The van der Waals surface area contributed by atoms with Gasteiger partial charge in [-0.15, -0.1) is 0 Å². The number of aromatic nitrogens is 5. The maximum Gasteiger partial charge on any atom is 0.332 e. The summed E-state index contributed by atoms with van der Waals surface area (Å²) in [6.45, 7) is 0. The van der Waals surface area contributed by atoms with Crippen LogP contribution in [0.2, 0.25) is 0 Å². The number of pyridine rings is 1. The van der Waals surface area contributed by atoms with E-state index in [0.717, 1.165) is 10.8 Å². The lowest BCUT2D eigenvalue weighted by molar-refractivity contribution is -0.385. The summed E-state index contributed by atoms with van der Waals surface area (Å²) in [5, 5.41) is 10.6. The summed E-state index contributed by atoms with van der Waals surface area (Å²) >= 11 is 0. The third kappa shape index (κ3) is 1.89. The number of nitrogens with one attached hydrogen (secondary N) is 1. The molecule has 0 aliphatic rings. The molecule has 0 aromatic carbocycles. The summed E-state index contributed by atoms with van der Waals surface area (Å²) in [4.78, 5) is 44.9. The average Bonchev–Trinajstić information content (AvgIpc) is 2.96. The Kier molecular flexibility index (Phi) is 2.87. The van der Waals surface area contributed by atoms with Gasteiger partial charge in [0.2, 0.25) is 0 Å². The lowest BCUT2D eigenvalue weighted by Gasteiger charge is -2.00. The summed E-state index contributed by atoms with van der Waals surface area (Å²) in [6.07, 6.45) is 1.10. The molecule has 0 radical (unpaired) electrons. The molecule has 0 aliphatic carbocycles. The van der Waals surface area contributed by atoms with Crippen LogP contribution in [-0.4, -0.2) is 29.0 Å². The molecule has 22 heavy (non-hydrogen) atoms. The second-order valence-electron chi connectivity index (χ2n) is 4.65. The fourth-order valence-electron chi connectivity index (χ4n) is 2.08. The molecule has 0 amide bonds. The van der Waals surface area contributed by atoms with Crippen LogP contribution in [0.4, 0.5) is 5.69 Å². The number of rotatable bonds is 2. The first-order chi connectivity index (χ1) is 10.4. The molecule has 10 heteroatoms. The molecule has 3 heterocycles. The van der Waals surface area contributed by atoms with Gasteiger partial charge in [0.25, 0.3) is 11.2 Å². The number of aryl methyl sites for hydroxylation is 1. The van der Waals surface area contributed by atoms with Crippen molar-refractivity contribution in [1.82, 2.24) is 24.1 Å².